The second kappa shape index (κ2) is 3.96. The van der Waals surface area contributed by atoms with Crippen LogP contribution in [0.2, 0.25) is 0 Å². The average molecular weight is 250 g/mol. The Bertz CT molecular complexity index is 310. The molecule has 0 saturated heterocycles. The minimum Gasteiger partial charge on any atom is -0.393 e. The molecule has 2 heteroatoms. The molecule has 4 fully saturated rings. The molecule has 0 spiro atoms. The molecule has 102 valence electrons. The maximum atomic E-state index is 10.1. The highest BCUT2D eigenvalue weighted by Crippen LogP contribution is 2.58. The molecule has 4 aliphatic rings. The smallest absolute Gasteiger partial charge is 0.0573 e. The van der Waals surface area contributed by atoms with Crippen molar-refractivity contribution in [3.05, 3.63) is 0 Å². The van der Waals surface area contributed by atoms with Gasteiger partial charge in [-0.1, -0.05) is 6.92 Å². The molecule has 0 amide bonds. The first kappa shape index (κ1) is 11.7. The molecular weight excluding hydrogens is 224 g/mol. The second-order valence-corrected chi connectivity index (χ2v) is 7.80. The highest BCUT2D eigenvalue weighted by molar-refractivity contribution is 5.03. The van der Waals surface area contributed by atoms with Gasteiger partial charge in [0.25, 0.3) is 0 Å². The zero-order valence-electron chi connectivity index (χ0n) is 11.3. The fraction of sp³-hybridized carbons (Fsp3) is 1.00. The normalized spacial score (nSPS) is 59.5. The standard InChI is InChI=1S/C16H26O2/c1-8(11-2-9-4-13(11)15(17)6-9)12-3-10-5-14(12)16(18)7-10/h8-18H,2-7H2,1H3. The third-order valence-corrected chi connectivity index (χ3v) is 7.01. The summed E-state index contributed by atoms with van der Waals surface area (Å²) < 4.78 is 0. The van der Waals surface area contributed by atoms with Gasteiger partial charge < -0.3 is 10.2 Å². The lowest BCUT2D eigenvalue weighted by molar-refractivity contribution is 0.0113. The predicted octanol–water partition coefficient (Wildman–Crippen LogP) is 2.44. The molecule has 4 saturated carbocycles. The quantitative estimate of drug-likeness (QED) is 0.790. The molecule has 0 aromatic rings. The van der Waals surface area contributed by atoms with E-state index < -0.39 is 0 Å². The SMILES string of the molecule is CC(C1CC2CC(O)C1C2)C1CC2CC(O)C1C2. The van der Waals surface area contributed by atoms with Crippen molar-refractivity contribution in [2.45, 2.75) is 57.7 Å². The Balaban J connectivity index is 1.49. The van der Waals surface area contributed by atoms with E-state index in [0.717, 1.165) is 42.4 Å². The monoisotopic (exact) mass is 250 g/mol. The van der Waals surface area contributed by atoms with E-state index >= 15 is 0 Å². The average Bonchev–Trinajstić information content (AvgIpc) is 3.04. The minimum atomic E-state index is -0.0142. The van der Waals surface area contributed by atoms with Gasteiger partial charge in [0.15, 0.2) is 0 Å². The molecule has 0 aromatic heterocycles. The van der Waals surface area contributed by atoms with E-state index in [4.69, 9.17) is 0 Å². The molecule has 8 atom stereocenters. The van der Waals surface area contributed by atoms with Crippen LogP contribution in [0.4, 0.5) is 0 Å². The van der Waals surface area contributed by atoms with Gasteiger partial charge in [0, 0.05) is 0 Å². The second-order valence-electron chi connectivity index (χ2n) is 7.80. The fourth-order valence-electron chi connectivity index (χ4n) is 6.26. The number of aliphatic hydroxyl groups excluding tert-OH is 2. The van der Waals surface area contributed by atoms with E-state index in [9.17, 15) is 10.2 Å². The predicted molar refractivity (Wildman–Crippen MR) is 69.8 cm³/mol. The van der Waals surface area contributed by atoms with Gasteiger partial charge in [0.2, 0.25) is 0 Å². The number of hydrogen-bond acceptors (Lipinski definition) is 2. The highest BCUT2D eigenvalue weighted by Gasteiger charge is 2.53. The van der Waals surface area contributed by atoms with Crippen LogP contribution in [0.15, 0.2) is 0 Å². The lowest BCUT2D eigenvalue weighted by Gasteiger charge is -2.38. The summed E-state index contributed by atoms with van der Waals surface area (Å²) in [7, 11) is 0. The largest absolute Gasteiger partial charge is 0.393 e. The Labute approximate surface area is 110 Å². The Hall–Kier alpha value is -0.0800. The summed E-state index contributed by atoms with van der Waals surface area (Å²) in [6.07, 6.45) is 7.36. The van der Waals surface area contributed by atoms with Crippen LogP contribution in [0.3, 0.4) is 0 Å². The Morgan fingerprint density at radius 3 is 1.50 bits per heavy atom. The summed E-state index contributed by atoms with van der Waals surface area (Å²) in [6.45, 7) is 2.41. The minimum absolute atomic E-state index is 0.0142. The van der Waals surface area contributed by atoms with Crippen molar-refractivity contribution in [1.82, 2.24) is 0 Å². The van der Waals surface area contributed by atoms with Gasteiger partial charge in [-0.15, -0.1) is 0 Å². The Morgan fingerprint density at radius 2 is 1.17 bits per heavy atom. The summed E-state index contributed by atoms with van der Waals surface area (Å²) in [5.74, 6) is 5.00. The van der Waals surface area contributed by atoms with Crippen LogP contribution in [-0.2, 0) is 0 Å². The van der Waals surface area contributed by atoms with Gasteiger partial charge in [0.1, 0.15) is 0 Å². The van der Waals surface area contributed by atoms with Gasteiger partial charge >= 0.3 is 0 Å². The number of aliphatic hydroxyl groups is 2. The summed E-state index contributed by atoms with van der Waals surface area (Å²) in [5.41, 5.74) is 0. The van der Waals surface area contributed by atoms with Crippen LogP contribution >= 0.6 is 0 Å². The van der Waals surface area contributed by atoms with E-state index in [1.165, 1.54) is 25.7 Å². The Kier molecular flexibility index (Phi) is 2.58. The van der Waals surface area contributed by atoms with E-state index in [1.54, 1.807) is 0 Å². The van der Waals surface area contributed by atoms with E-state index in [0.29, 0.717) is 11.8 Å². The molecule has 0 aliphatic heterocycles. The van der Waals surface area contributed by atoms with Gasteiger partial charge in [-0.05, 0) is 80.0 Å². The maximum absolute atomic E-state index is 10.1. The lowest BCUT2D eigenvalue weighted by atomic mass is 9.68. The lowest BCUT2D eigenvalue weighted by Crippen LogP contribution is -2.36. The van der Waals surface area contributed by atoms with Crippen molar-refractivity contribution in [2.24, 2.45) is 41.4 Å². The molecule has 0 radical (unpaired) electrons. The zero-order chi connectivity index (χ0) is 12.4. The first-order chi connectivity index (χ1) is 8.63. The molecule has 4 bridgehead atoms. The summed E-state index contributed by atoms with van der Waals surface area (Å²) >= 11 is 0. The number of rotatable bonds is 2. The van der Waals surface area contributed by atoms with E-state index in [-0.39, 0.29) is 12.2 Å². The molecular formula is C16H26O2. The van der Waals surface area contributed by atoms with Crippen LogP contribution in [-0.4, -0.2) is 22.4 Å². The maximum Gasteiger partial charge on any atom is 0.0573 e. The van der Waals surface area contributed by atoms with Crippen molar-refractivity contribution in [3.63, 3.8) is 0 Å². The van der Waals surface area contributed by atoms with Crippen LogP contribution in [0.5, 0.6) is 0 Å². The van der Waals surface area contributed by atoms with Crippen LogP contribution in [0.25, 0.3) is 0 Å². The van der Waals surface area contributed by atoms with Gasteiger partial charge in [-0.25, -0.2) is 0 Å². The molecule has 18 heavy (non-hydrogen) atoms. The summed E-state index contributed by atoms with van der Waals surface area (Å²) in [6, 6.07) is 0. The van der Waals surface area contributed by atoms with Crippen molar-refractivity contribution in [2.75, 3.05) is 0 Å². The first-order valence-corrected chi connectivity index (χ1v) is 7.99. The van der Waals surface area contributed by atoms with E-state index in [2.05, 4.69) is 6.92 Å². The van der Waals surface area contributed by atoms with E-state index in [1.807, 2.05) is 0 Å². The third kappa shape index (κ3) is 1.54. The van der Waals surface area contributed by atoms with Crippen molar-refractivity contribution in [3.8, 4) is 0 Å². The molecule has 0 aromatic carbocycles. The van der Waals surface area contributed by atoms with Crippen molar-refractivity contribution in [1.29, 1.82) is 0 Å². The fourth-order valence-corrected chi connectivity index (χ4v) is 6.26. The Morgan fingerprint density at radius 1 is 0.722 bits per heavy atom. The summed E-state index contributed by atoms with van der Waals surface area (Å²) in [4.78, 5) is 0. The molecule has 2 N–H and O–H groups in total. The van der Waals surface area contributed by atoms with Gasteiger partial charge in [-0.2, -0.15) is 0 Å². The number of hydrogen-bond donors (Lipinski definition) is 2. The van der Waals surface area contributed by atoms with Gasteiger partial charge in [0.05, 0.1) is 12.2 Å². The van der Waals surface area contributed by atoms with Gasteiger partial charge in [-0.3, -0.25) is 0 Å². The first-order valence-electron chi connectivity index (χ1n) is 7.99. The van der Waals surface area contributed by atoms with Crippen molar-refractivity contribution >= 4 is 0 Å². The van der Waals surface area contributed by atoms with Crippen LogP contribution < -0.4 is 0 Å². The third-order valence-electron chi connectivity index (χ3n) is 7.01. The molecule has 4 rings (SSSR count). The zero-order valence-corrected chi connectivity index (χ0v) is 11.3. The van der Waals surface area contributed by atoms with Crippen LogP contribution in [0, 0.1) is 41.4 Å². The highest BCUT2D eigenvalue weighted by atomic mass is 16.3. The molecule has 0 heterocycles. The summed E-state index contributed by atoms with van der Waals surface area (Å²) in [5, 5.41) is 20.2. The van der Waals surface area contributed by atoms with Crippen LogP contribution in [0.1, 0.15) is 45.4 Å². The molecule has 2 nitrogen and oxygen atoms in total. The molecule has 4 aliphatic carbocycles. The topological polar surface area (TPSA) is 40.5 Å². The van der Waals surface area contributed by atoms with Crippen molar-refractivity contribution < 1.29 is 10.2 Å². The number of fused-ring (bicyclic) bond motifs is 4. The molecule has 8 unspecified atom stereocenters.